The van der Waals surface area contributed by atoms with Crippen molar-refractivity contribution in [3.63, 3.8) is 0 Å². The van der Waals surface area contributed by atoms with Gasteiger partial charge in [0.25, 0.3) is 20.2 Å². The van der Waals surface area contributed by atoms with Crippen LogP contribution in [0.15, 0.2) is 155 Å². The number of nitrogen functional groups attached to an aromatic ring is 1. The second kappa shape index (κ2) is 22.4. The van der Waals surface area contributed by atoms with Gasteiger partial charge in [-0.15, -0.1) is 0 Å². The van der Waals surface area contributed by atoms with Crippen LogP contribution in [0, 0.1) is 0 Å². The molecule has 0 aliphatic heterocycles. The third-order valence-corrected chi connectivity index (χ3v) is 12.3. The Morgan fingerprint density at radius 1 is 0.458 bits per heavy atom. The third-order valence-electron chi connectivity index (χ3n) is 10.5. The number of anilines is 12. The van der Waals surface area contributed by atoms with Gasteiger partial charge in [0.05, 0.1) is 13.2 Å². The lowest BCUT2D eigenvalue weighted by molar-refractivity contribution is 0.280. The summed E-state index contributed by atoms with van der Waals surface area (Å²) in [5.74, 6) is 0.421. The minimum Gasteiger partial charge on any atom is -0.399 e. The van der Waals surface area contributed by atoms with Crippen molar-refractivity contribution in [2.45, 2.75) is 16.2 Å². The fraction of sp³-hybridized carbons (Fsp3) is 0.102. The van der Waals surface area contributed by atoms with Gasteiger partial charge in [-0.1, -0.05) is 84.9 Å². The van der Waals surface area contributed by atoms with Gasteiger partial charge < -0.3 is 47.4 Å². The summed E-state index contributed by atoms with van der Waals surface area (Å²) in [4.78, 5) is 27.2. The van der Waals surface area contributed by atoms with E-state index in [0.29, 0.717) is 29.2 Å². The summed E-state index contributed by atoms with van der Waals surface area (Å²) >= 11 is 0. The van der Waals surface area contributed by atoms with Gasteiger partial charge >= 0.3 is 0 Å². The van der Waals surface area contributed by atoms with Crippen LogP contribution in [0.4, 0.5) is 69.8 Å². The molecule has 8 rings (SSSR count). The highest BCUT2D eigenvalue weighted by Crippen LogP contribution is 2.30. The summed E-state index contributed by atoms with van der Waals surface area (Å²) in [7, 11) is -9.82. The molecule has 0 fully saturated rings. The van der Waals surface area contributed by atoms with E-state index in [1.807, 2.05) is 84.9 Å². The summed E-state index contributed by atoms with van der Waals surface area (Å²) in [5.41, 5.74) is 10.9. The molecule has 0 bridgehead atoms. The van der Waals surface area contributed by atoms with Crippen molar-refractivity contribution in [1.82, 2.24) is 29.9 Å². The van der Waals surface area contributed by atoms with Crippen molar-refractivity contribution in [3.05, 3.63) is 168 Å². The van der Waals surface area contributed by atoms with Gasteiger partial charge in [-0.2, -0.15) is 46.7 Å². The number of para-hydroxylation sites is 2. The SMILES string of the molecule is Nc1ccc(Cc2ccc(Nc3nc(Nc4ccccc4)nc(Nc4ccc(/C=C/c5ccc(Nc6nc(Nc7ccccc7)nc(N(CCO)CCO)n6)cc5S(=O)(=O)O)c(S(=O)(=O)O)c4)n3)cc2)cc1. The van der Waals surface area contributed by atoms with Crippen LogP contribution in [-0.2, 0) is 26.7 Å². The highest BCUT2D eigenvalue weighted by atomic mass is 32.2. The van der Waals surface area contributed by atoms with Crippen LogP contribution in [0.25, 0.3) is 12.2 Å². The third kappa shape index (κ3) is 13.6. The van der Waals surface area contributed by atoms with Crippen LogP contribution in [0.3, 0.4) is 0 Å². The summed E-state index contributed by atoms with van der Waals surface area (Å²) < 4.78 is 72.1. The molecule has 0 aliphatic rings. The van der Waals surface area contributed by atoms with Crippen molar-refractivity contribution in [2.24, 2.45) is 0 Å². The Bertz CT molecular complexity index is 3410. The lowest BCUT2D eigenvalue weighted by Gasteiger charge is -2.21. The number of aromatic nitrogens is 6. The highest BCUT2D eigenvalue weighted by Gasteiger charge is 2.20. The molecule has 0 unspecified atom stereocenters. The van der Waals surface area contributed by atoms with Gasteiger partial charge in [-0.25, -0.2) is 0 Å². The zero-order valence-electron chi connectivity index (χ0n) is 38.0. The monoisotopic (exact) mass is 1010 g/mol. The van der Waals surface area contributed by atoms with E-state index in [1.54, 1.807) is 24.3 Å². The molecule has 0 amide bonds. The first kappa shape index (κ1) is 49.8. The maximum Gasteiger partial charge on any atom is 0.295 e. The predicted octanol–water partition coefficient (Wildman–Crippen LogP) is 7.40. The zero-order valence-corrected chi connectivity index (χ0v) is 39.6. The number of rotatable bonds is 21. The Hall–Kier alpha value is -8.58. The standard InChI is InChI=1S/C49H47N13O8S2/c50-36-19-11-32(12-20-36)29-33-13-21-39(22-14-33)53-45-56-44(51-37-7-3-1-4-8-37)57-46(58-45)54-40-23-17-34(42(30-40)71(65,66)67)15-16-35-18-24-41(31-43(35)72(68,69)70)55-48-59-47(52-38-9-5-2-6-10-38)60-49(61-48)62(25-27-63)26-28-64/h1-24,30-31,63-64H,25-29,50H2,(H,65,66,67)(H,68,69,70)(H2,52,55,59,60,61)(H3,51,53,54,56,57,58)/b16-15+. The van der Waals surface area contributed by atoms with Crippen LogP contribution in [0.2, 0.25) is 0 Å². The largest absolute Gasteiger partial charge is 0.399 e. The number of nitrogens with two attached hydrogens (primary N) is 1. The smallest absolute Gasteiger partial charge is 0.295 e. The Kier molecular flexibility index (Phi) is 15.5. The molecule has 0 spiro atoms. The van der Waals surface area contributed by atoms with Gasteiger partial charge in [0.1, 0.15) is 9.79 Å². The minimum atomic E-state index is -4.91. The van der Waals surface area contributed by atoms with Crippen molar-refractivity contribution >= 4 is 102 Å². The van der Waals surface area contributed by atoms with Gasteiger partial charge in [-0.05, 0) is 101 Å². The van der Waals surface area contributed by atoms with Gasteiger partial charge in [-0.3, -0.25) is 9.11 Å². The summed E-state index contributed by atoms with van der Waals surface area (Å²) in [5, 5.41) is 34.6. The number of aliphatic hydroxyl groups excluding tert-OH is 2. The molecule has 11 N–H and O–H groups in total. The molecule has 2 heterocycles. The number of aliphatic hydroxyl groups is 2. The second-order valence-electron chi connectivity index (χ2n) is 15.8. The van der Waals surface area contributed by atoms with Crippen LogP contribution < -0.4 is 37.2 Å². The fourth-order valence-electron chi connectivity index (χ4n) is 7.11. The summed E-state index contributed by atoms with van der Waals surface area (Å²) in [6.07, 6.45) is 3.21. The van der Waals surface area contributed by atoms with E-state index in [0.717, 1.165) is 23.3 Å². The molecule has 23 heteroatoms. The Morgan fingerprint density at radius 2 is 0.806 bits per heavy atom. The Balaban J connectivity index is 1.05. The zero-order chi connectivity index (χ0) is 50.7. The van der Waals surface area contributed by atoms with E-state index >= 15 is 0 Å². The molecule has 21 nitrogen and oxygen atoms in total. The first-order valence-corrected chi connectivity index (χ1v) is 24.8. The molecular weight excluding hydrogens is 963 g/mol. The van der Waals surface area contributed by atoms with Gasteiger partial charge in [0.2, 0.25) is 35.7 Å². The molecule has 6 aromatic carbocycles. The van der Waals surface area contributed by atoms with E-state index in [4.69, 9.17) is 5.73 Å². The average Bonchev–Trinajstić information content (AvgIpc) is 3.35. The maximum atomic E-state index is 12.9. The predicted molar refractivity (Wildman–Crippen MR) is 277 cm³/mol. The lowest BCUT2D eigenvalue weighted by Crippen LogP contribution is -2.31. The number of hydrogen-bond acceptors (Lipinski definition) is 19. The van der Waals surface area contributed by atoms with Crippen molar-refractivity contribution in [2.75, 3.05) is 63.5 Å². The first-order valence-electron chi connectivity index (χ1n) is 22.0. The van der Waals surface area contributed by atoms with Crippen molar-refractivity contribution in [3.8, 4) is 0 Å². The molecule has 2 aromatic heterocycles. The summed E-state index contributed by atoms with van der Waals surface area (Å²) in [6.45, 7) is -0.380. The van der Waals surface area contributed by atoms with Crippen LogP contribution in [0.5, 0.6) is 0 Å². The molecule has 0 aliphatic carbocycles. The lowest BCUT2D eigenvalue weighted by atomic mass is 10.0. The molecule has 0 saturated heterocycles. The molecule has 0 atom stereocenters. The molecule has 0 radical (unpaired) electrons. The van der Waals surface area contributed by atoms with Crippen LogP contribution in [0.1, 0.15) is 22.3 Å². The Morgan fingerprint density at radius 3 is 1.19 bits per heavy atom. The van der Waals surface area contributed by atoms with Gasteiger partial charge in [0.15, 0.2) is 0 Å². The quantitative estimate of drug-likeness (QED) is 0.0190. The van der Waals surface area contributed by atoms with Crippen LogP contribution in [-0.4, -0.2) is 92.4 Å². The number of nitrogens with zero attached hydrogens (tertiary/aromatic N) is 7. The number of hydrogen-bond donors (Lipinski definition) is 10. The maximum absolute atomic E-state index is 12.9. The second-order valence-corrected chi connectivity index (χ2v) is 18.6. The van der Waals surface area contributed by atoms with E-state index in [2.05, 4.69) is 56.5 Å². The molecular formula is C49H47N13O8S2. The number of benzene rings is 6. The average molecular weight is 1010 g/mol. The van der Waals surface area contributed by atoms with Crippen molar-refractivity contribution in [1.29, 1.82) is 0 Å². The highest BCUT2D eigenvalue weighted by molar-refractivity contribution is 7.86. The summed E-state index contributed by atoms with van der Waals surface area (Å²) in [6, 6.07) is 41.5. The van der Waals surface area contributed by atoms with E-state index in [9.17, 15) is 36.2 Å². The van der Waals surface area contributed by atoms with E-state index in [-0.39, 0.29) is 84.5 Å². The van der Waals surface area contributed by atoms with Crippen LogP contribution >= 0.6 is 0 Å². The molecule has 0 saturated carbocycles. The van der Waals surface area contributed by atoms with Gasteiger partial charge in [0, 0.05) is 47.2 Å². The van der Waals surface area contributed by atoms with Crippen molar-refractivity contribution < 1.29 is 36.2 Å². The minimum absolute atomic E-state index is 0.00620. The van der Waals surface area contributed by atoms with E-state index in [1.165, 1.54) is 41.3 Å². The van der Waals surface area contributed by atoms with E-state index < -0.39 is 30.0 Å². The Labute approximate surface area is 414 Å². The molecule has 368 valence electrons. The number of nitrogens with one attached hydrogen (secondary N) is 5. The fourth-order valence-corrected chi connectivity index (χ4v) is 8.53. The topological polar surface area (TPSA) is 316 Å². The first-order chi connectivity index (χ1) is 34.7. The molecule has 72 heavy (non-hydrogen) atoms. The molecule has 8 aromatic rings. The normalized spacial score (nSPS) is 11.6.